The van der Waals surface area contributed by atoms with Crippen molar-refractivity contribution in [3.63, 3.8) is 0 Å². The van der Waals surface area contributed by atoms with Gasteiger partial charge < -0.3 is 4.57 Å². The number of halogens is 1. The Balaban J connectivity index is 2.27. The third-order valence-electron chi connectivity index (χ3n) is 3.15. The smallest absolute Gasteiger partial charge is 0.0670 e. The maximum absolute atomic E-state index is 8.94. The van der Waals surface area contributed by atoms with Crippen LogP contribution in [0.15, 0.2) is 59.2 Å². The van der Waals surface area contributed by atoms with Gasteiger partial charge in [0, 0.05) is 21.7 Å². The van der Waals surface area contributed by atoms with Crippen molar-refractivity contribution in [2.45, 2.75) is 6.42 Å². The largest absolute Gasteiger partial charge is 0.316 e. The van der Waals surface area contributed by atoms with E-state index in [1.807, 2.05) is 24.3 Å². The number of para-hydroxylation sites is 1. The molecule has 0 unspecified atom stereocenters. The van der Waals surface area contributed by atoms with Crippen molar-refractivity contribution in [2.24, 2.45) is 0 Å². The summed E-state index contributed by atoms with van der Waals surface area (Å²) in [7, 11) is 0. The van der Waals surface area contributed by atoms with Crippen LogP contribution in [0.25, 0.3) is 16.6 Å². The lowest BCUT2D eigenvalue weighted by atomic mass is 10.1. The third kappa shape index (κ3) is 2.16. The zero-order valence-corrected chi connectivity index (χ0v) is 11.8. The summed E-state index contributed by atoms with van der Waals surface area (Å²) in [6, 6.07) is 18.6. The van der Waals surface area contributed by atoms with Crippen LogP contribution in [0.2, 0.25) is 0 Å². The van der Waals surface area contributed by atoms with Crippen LogP contribution in [0, 0.1) is 11.3 Å². The molecule has 0 aliphatic rings. The molecule has 0 amide bonds. The molecule has 3 rings (SSSR count). The summed E-state index contributed by atoms with van der Waals surface area (Å²) in [6.45, 7) is 0. The van der Waals surface area contributed by atoms with Gasteiger partial charge in [0.15, 0.2) is 0 Å². The SMILES string of the molecule is N#CCc1cn(-c2cccc(Br)c2)c2ccccc12. The number of nitriles is 1. The molecule has 1 aromatic heterocycles. The Morgan fingerprint density at radius 3 is 2.74 bits per heavy atom. The lowest BCUT2D eigenvalue weighted by Crippen LogP contribution is -1.91. The molecule has 0 saturated carbocycles. The first kappa shape index (κ1) is 12.0. The van der Waals surface area contributed by atoms with Gasteiger partial charge in [0.1, 0.15) is 0 Å². The van der Waals surface area contributed by atoms with Gasteiger partial charge in [-0.05, 0) is 29.8 Å². The summed E-state index contributed by atoms with van der Waals surface area (Å²) in [6.07, 6.45) is 2.48. The van der Waals surface area contributed by atoms with Crippen LogP contribution >= 0.6 is 15.9 Å². The number of hydrogen-bond acceptors (Lipinski definition) is 1. The number of fused-ring (bicyclic) bond motifs is 1. The van der Waals surface area contributed by atoms with E-state index >= 15 is 0 Å². The molecule has 0 saturated heterocycles. The zero-order valence-electron chi connectivity index (χ0n) is 10.2. The Bertz CT molecular complexity index is 781. The average molecular weight is 311 g/mol. The minimum atomic E-state index is 0.432. The summed E-state index contributed by atoms with van der Waals surface area (Å²) < 4.78 is 3.18. The monoisotopic (exact) mass is 310 g/mol. The third-order valence-corrected chi connectivity index (χ3v) is 3.64. The molecule has 2 nitrogen and oxygen atoms in total. The van der Waals surface area contributed by atoms with Crippen molar-refractivity contribution in [1.29, 1.82) is 5.26 Å². The van der Waals surface area contributed by atoms with Crippen molar-refractivity contribution < 1.29 is 0 Å². The Morgan fingerprint density at radius 2 is 1.95 bits per heavy atom. The van der Waals surface area contributed by atoms with Crippen molar-refractivity contribution >= 4 is 26.8 Å². The van der Waals surface area contributed by atoms with Crippen LogP contribution in [-0.4, -0.2) is 4.57 Å². The fourth-order valence-corrected chi connectivity index (χ4v) is 2.70. The summed E-state index contributed by atoms with van der Waals surface area (Å²) in [4.78, 5) is 0. The highest BCUT2D eigenvalue weighted by atomic mass is 79.9. The quantitative estimate of drug-likeness (QED) is 0.687. The first-order valence-electron chi connectivity index (χ1n) is 6.01. The first-order valence-corrected chi connectivity index (χ1v) is 6.81. The van der Waals surface area contributed by atoms with Gasteiger partial charge in [-0.2, -0.15) is 5.26 Å². The van der Waals surface area contributed by atoms with Crippen LogP contribution in [0.4, 0.5) is 0 Å². The molecule has 0 radical (unpaired) electrons. The molecule has 0 N–H and O–H groups in total. The van der Waals surface area contributed by atoms with Gasteiger partial charge >= 0.3 is 0 Å². The Morgan fingerprint density at radius 1 is 1.11 bits per heavy atom. The van der Waals surface area contributed by atoms with E-state index in [0.717, 1.165) is 26.6 Å². The first-order chi connectivity index (χ1) is 9.29. The molecule has 0 spiro atoms. The van der Waals surface area contributed by atoms with E-state index in [-0.39, 0.29) is 0 Å². The summed E-state index contributed by atoms with van der Waals surface area (Å²) >= 11 is 3.50. The fraction of sp³-hybridized carbons (Fsp3) is 0.0625. The second kappa shape index (κ2) is 4.91. The maximum atomic E-state index is 8.94. The van der Waals surface area contributed by atoms with Crippen LogP contribution in [-0.2, 0) is 6.42 Å². The second-order valence-corrected chi connectivity index (χ2v) is 5.27. The molecule has 0 atom stereocenters. The van der Waals surface area contributed by atoms with E-state index < -0.39 is 0 Å². The fourth-order valence-electron chi connectivity index (χ4n) is 2.32. The van der Waals surface area contributed by atoms with Crippen LogP contribution < -0.4 is 0 Å². The minimum absolute atomic E-state index is 0.432. The standard InChI is InChI=1S/C16H11BrN2/c17-13-4-3-5-14(10-13)19-11-12(8-9-18)15-6-1-2-7-16(15)19/h1-7,10-11H,8H2. The molecular weight excluding hydrogens is 300 g/mol. The maximum Gasteiger partial charge on any atom is 0.0670 e. The molecule has 92 valence electrons. The van der Waals surface area contributed by atoms with E-state index in [2.05, 4.69) is 57.0 Å². The van der Waals surface area contributed by atoms with Crippen molar-refractivity contribution in [2.75, 3.05) is 0 Å². The lowest BCUT2D eigenvalue weighted by Gasteiger charge is -2.05. The van der Waals surface area contributed by atoms with E-state index in [1.54, 1.807) is 0 Å². The highest BCUT2D eigenvalue weighted by Crippen LogP contribution is 2.26. The Labute approximate surface area is 120 Å². The van der Waals surface area contributed by atoms with E-state index in [1.165, 1.54) is 0 Å². The summed E-state index contributed by atoms with van der Waals surface area (Å²) in [5.74, 6) is 0. The number of nitrogens with zero attached hydrogens (tertiary/aromatic N) is 2. The predicted octanol–water partition coefficient (Wildman–Crippen LogP) is 4.46. The van der Waals surface area contributed by atoms with Crippen LogP contribution in [0.3, 0.4) is 0 Å². The normalized spacial score (nSPS) is 10.5. The molecule has 2 aromatic carbocycles. The number of benzene rings is 2. The van der Waals surface area contributed by atoms with Crippen molar-refractivity contribution in [3.05, 3.63) is 64.8 Å². The second-order valence-electron chi connectivity index (χ2n) is 4.36. The van der Waals surface area contributed by atoms with Crippen molar-refractivity contribution in [3.8, 4) is 11.8 Å². The summed E-state index contributed by atoms with van der Waals surface area (Å²) in [5.41, 5.74) is 3.29. The van der Waals surface area contributed by atoms with E-state index in [4.69, 9.17) is 5.26 Å². The summed E-state index contributed by atoms with van der Waals surface area (Å²) in [5, 5.41) is 10.1. The van der Waals surface area contributed by atoms with Gasteiger partial charge in [0.25, 0.3) is 0 Å². The highest BCUT2D eigenvalue weighted by molar-refractivity contribution is 9.10. The molecule has 0 aliphatic carbocycles. The minimum Gasteiger partial charge on any atom is -0.316 e. The molecule has 1 heterocycles. The zero-order chi connectivity index (χ0) is 13.2. The lowest BCUT2D eigenvalue weighted by molar-refractivity contribution is 1.11. The Kier molecular flexibility index (Phi) is 3.10. The highest BCUT2D eigenvalue weighted by Gasteiger charge is 2.09. The predicted molar refractivity (Wildman–Crippen MR) is 80.3 cm³/mol. The van der Waals surface area contributed by atoms with Gasteiger partial charge in [-0.25, -0.2) is 0 Å². The van der Waals surface area contributed by atoms with E-state index in [0.29, 0.717) is 6.42 Å². The number of rotatable bonds is 2. The molecule has 3 aromatic rings. The topological polar surface area (TPSA) is 28.7 Å². The van der Waals surface area contributed by atoms with E-state index in [9.17, 15) is 0 Å². The number of aromatic nitrogens is 1. The van der Waals surface area contributed by atoms with Gasteiger partial charge in [0.2, 0.25) is 0 Å². The Hall–Kier alpha value is -2.05. The van der Waals surface area contributed by atoms with Crippen LogP contribution in [0.1, 0.15) is 5.56 Å². The van der Waals surface area contributed by atoms with Gasteiger partial charge in [-0.1, -0.05) is 40.2 Å². The molecule has 0 aliphatic heterocycles. The average Bonchev–Trinajstić information content (AvgIpc) is 2.79. The molecule has 19 heavy (non-hydrogen) atoms. The van der Waals surface area contributed by atoms with Gasteiger partial charge in [-0.15, -0.1) is 0 Å². The van der Waals surface area contributed by atoms with Crippen LogP contribution in [0.5, 0.6) is 0 Å². The van der Waals surface area contributed by atoms with Crippen molar-refractivity contribution in [1.82, 2.24) is 4.57 Å². The molecule has 0 bridgehead atoms. The molecule has 3 heteroatoms. The molecule has 0 fully saturated rings. The number of hydrogen-bond donors (Lipinski definition) is 0. The van der Waals surface area contributed by atoms with Gasteiger partial charge in [-0.3, -0.25) is 0 Å². The van der Waals surface area contributed by atoms with Gasteiger partial charge in [0.05, 0.1) is 18.0 Å². The molecular formula is C16H11BrN2.